The standard InChI is InChI=1S/C21H40N2O3/c1-5-11-18(12-8-10-15-23-16-17-23)20(25)22-14-9-6-7-13-19(24)26-21(2,3)4/h18H,5-17H2,1-4H3,(H,22,25). The van der Waals surface area contributed by atoms with Crippen LogP contribution in [0, 0.1) is 5.92 Å². The van der Waals surface area contributed by atoms with Crippen LogP contribution in [0.3, 0.4) is 0 Å². The van der Waals surface area contributed by atoms with E-state index in [1.54, 1.807) is 0 Å². The molecule has 152 valence electrons. The third-order valence-electron chi connectivity index (χ3n) is 4.60. The zero-order valence-electron chi connectivity index (χ0n) is 17.4. The van der Waals surface area contributed by atoms with Crippen LogP contribution in [-0.2, 0) is 14.3 Å². The minimum Gasteiger partial charge on any atom is -0.460 e. The second-order valence-corrected chi connectivity index (χ2v) is 8.51. The molecule has 0 saturated carbocycles. The number of hydrogen-bond acceptors (Lipinski definition) is 4. The van der Waals surface area contributed by atoms with Crippen molar-refractivity contribution in [1.29, 1.82) is 0 Å². The maximum atomic E-state index is 12.4. The summed E-state index contributed by atoms with van der Waals surface area (Å²) in [5.74, 6) is 0.244. The summed E-state index contributed by atoms with van der Waals surface area (Å²) in [4.78, 5) is 26.4. The summed E-state index contributed by atoms with van der Waals surface area (Å²) in [6.45, 7) is 12.2. The van der Waals surface area contributed by atoms with Crippen LogP contribution in [-0.4, -0.2) is 48.6 Å². The van der Waals surface area contributed by atoms with Crippen molar-refractivity contribution in [2.75, 3.05) is 26.2 Å². The SMILES string of the molecule is CCCC(CCCCN1CC1)C(=O)NCCCCCC(=O)OC(C)(C)C. The van der Waals surface area contributed by atoms with E-state index in [4.69, 9.17) is 4.74 Å². The fourth-order valence-electron chi connectivity index (χ4n) is 3.10. The third kappa shape index (κ3) is 12.3. The van der Waals surface area contributed by atoms with Crippen molar-refractivity contribution in [3.05, 3.63) is 0 Å². The summed E-state index contributed by atoms with van der Waals surface area (Å²) in [6.07, 6.45) is 8.53. The van der Waals surface area contributed by atoms with Crippen LogP contribution in [0.1, 0.15) is 85.5 Å². The summed E-state index contributed by atoms with van der Waals surface area (Å²) in [5, 5.41) is 3.09. The number of esters is 1. The lowest BCUT2D eigenvalue weighted by atomic mass is 9.96. The van der Waals surface area contributed by atoms with Gasteiger partial charge >= 0.3 is 5.97 Å². The molecule has 0 spiro atoms. The van der Waals surface area contributed by atoms with Crippen LogP contribution >= 0.6 is 0 Å². The zero-order valence-corrected chi connectivity index (χ0v) is 17.4. The number of ether oxygens (including phenoxy) is 1. The van der Waals surface area contributed by atoms with Crippen LogP contribution in [0.25, 0.3) is 0 Å². The molecule has 1 aliphatic rings. The van der Waals surface area contributed by atoms with Gasteiger partial charge in [-0.15, -0.1) is 0 Å². The van der Waals surface area contributed by atoms with E-state index in [1.807, 2.05) is 20.8 Å². The van der Waals surface area contributed by atoms with Crippen molar-refractivity contribution in [2.45, 2.75) is 91.1 Å². The number of unbranched alkanes of at least 4 members (excludes halogenated alkanes) is 3. The lowest BCUT2D eigenvalue weighted by molar-refractivity contribution is -0.154. The molecular formula is C21H40N2O3. The minimum absolute atomic E-state index is 0.132. The predicted molar refractivity (Wildman–Crippen MR) is 106 cm³/mol. The van der Waals surface area contributed by atoms with Crippen LogP contribution < -0.4 is 5.32 Å². The molecule has 1 amide bonds. The summed E-state index contributed by atoms with van der Waals surface area (Å²) in [5.41, 5.74) is -0.407. The number of rotatable bonds is 14. The van der Waals surface area contributed by atoms with Gasteiger partial charge in [-0.25, -0.2) is 0 Å². The maximum Gasteiger partial charge on any atom is 0.306 e. The van der Waals surface area contributed by atoms with Gasteiger partial charge in [0.25, 0.3) is 0 Å². The van der Waals surface area contributed by atoms with Gasteiger partial charge in [0.15, 0.2) is 0 Å². The maximum absolute atomic E-state index is 12.4. The van der Waals surface area contributed by atoms with Crippen molar-refractivity contribution in [3.63, 3.8) is 0 Å². The van der Waals surface area contributed by atoms with Gasteiger partial charge in [-0.3, -0.25) is 9.59 Å². The average molecular weight is 369 g/mol. The first kappa shape index (κ1) is 22.9. The highest BCUT2D eigenvalue weighted by atomic mass is 16.6. The van der Waals surface area contributed by atoms with E-state index < -0.39 is 5.60 Å². The molecule has 1 saturated heterocycles. The highest BCUT2D eigenvalue weighted by molar-refractivity contribution is 5.78. The number of carbonyl (C=O) groups is 2. The predicted octanol–water partition coefficient (Wildman–Crippen LogP) is 3.91. The Morgan fingerprint density at radius 1 is 1.04 bits per heavy atom. The molecule has 0 aromatic heterocycles. The van der Waals surface area contributed by atoms with Crippen LogP contribution in [0.4, 0.5) is 0 Å². The molecule has 1 fully saturated rings. The van der Waals surface area contributed by atoms with E-state index >= 15 is 0 Å². The number of nitrogens with zero attached hydrogens (tertiary/aromatic N) is 1. The van der Waals surface area contributed by atoms with Gasteiger partial charge in [-0.05, 0) is 59.4 Å². The van der Waals surface area contributed by atoms with E-state index in [-0.39, 0.29) is 17.8 Å². The van der Waals surface area contributed by atoms with Crippen LogP contribution in [0.2, 0.25) is 0 Å². The zero-order chi connectivity index (χ0) is 19.4. The molecule has 5 heteroatoms. The molecule has 0 bridgehead atoms. The van der Waals surface area contributed by atoms with Crippen LogP contribution in [0.15, 0.2) is 0 Å². The fourth-order valence-corrected chi connectivity index (χ4v) is 3.10. The van der Waals surface area contributed by atoms with Crippen molar-refractivity contribution in [1.82, 2.24) is 10.2 Å². The number of nitrogens with one attached hydrogen (secondary N) is 1. The monoisotopic (exact) mass is 368 g/mol. The van der Waals surface area contributed by atoms with Gasteiger partial charge in [-0.2, -0.15) is 0 Å². The molecule has 0 aliphatic carbocycles. The lowest BCUT2D eigenvalue weighted by Crippen LogP contribution is -2.31. The van der Waals surface area contributed by atoms with Crippen LogP contribution in [0.5, 0.6) is 0 Å². The van der Waals surface area contributed by atoms with Gasteiger partial charge in [0, 0.05) is 32.0 Å². The molecule has 26 heavy (non-hydrogen) atoms. The van der Waals surface area contributed by atoms with Crippen molar-refractivity contribution >= 4 is 11.9 Å². The molecule has 0 radical (unpaired) electrons. The van der Waals surface area contributed by atoms with Gasteiger partial charge < -0.3 is 15.0 Å². The van der Waals surface area contributed by atoms with Gasteiger partial charge in [-0.1, -0.05) is 26.2 Å². The second-order valence-electron chi connectivity index (χ2n) is 8.51. The van der Waals surface area contributed by atoms with Crippen molar-refractivity contribution < 1.29 is 14.3 Å². The molecule has 1 atom stereocenters. The first-order chi connectivity index (χ1) is 12.3. The van der Waals surface area contributed by atoms with Gasteiger partial charge in [0.1, 0.15) is 5.60 Å². The van der Waals surface area contributed by atoms with Gasteiger partial charge in [0.05, 0.1) is 0 Å². The normalized spacial score (nSPS) is 15.5. The molecule has 1 N–H and O–H groups in total. The molecule has 1 unspecified atom stereocenters. The first-order valence-corrected chi connectivity index (χ1v) is 10.5. The highest BCUT2D eigenvalue weighted by Gasteiger charge is 2.19. The Labute approximate surface area is 160 Å². The smallest absolute Gasteiger partial charge is 0.306 e. The first-order valence-electron chi connectivity index (χ1n) is 10.5. The highest BCUT2D eigenvalue weighted by Crippen LogP contribution is 2.17. The third-order valence-corrected chi connectivity index (χ3v) is 4.60. The molecular weight excluding hydrogens is 328 g/mol. The second kappa shape index (κ2) is 12.3. The summed E-state index contributed by atoms with van der Waals surface area (Å²) < 4.78 is 5.29. The van der Waals surface area contributed by atoms with E-state index in [0.29, 0.717) is 13.0 Å². The molecule has 1 aliphatic heterocycles. The average Bonchev–Trinajstić information content (AvgIpc) is 3.36. The van der Waals surface area contributed by atoms with Crippen molar-refractivity contribution in [3.8, 4) is 0 Å². The summed E-state index contributed by atoms with van der Waals surface area (Å²) in [7, 11) is 0. The molecule has 5 nitrogen and oxygen atoms in total. The molecule has 0 aromatic rings. The Bertz CT molecular complexity index is 414. The number of carbonyl (C=O) groups excluding carboxylic acids is 2. The fraction of sp³-hybridized carbons (Fsp3) is 0.905. The minimum atomic E-state index is -0.407. The Kier molecular flexibility index (Phi) is 10.9. The Morgan fingerprint density at radius 3 is 2.38 bits per heavy atom. The van der Waals surface area contributed by atoms with E-state index in [2.05, 4.69) is 17.1 Å². The Morgan fingerprint density at radius 2 is 1.77 bits per heavy atom. The topological polar surface area (TPSA) is 58.4 Å². The van der Waals surface area contributed by atoms with Gasteiger partial charge in [0.2, 0.25) is 5.91 Å². The quantitative estimate of drug-likeness (QED) is 0.287. The van der Waals surface area contributed by atoms with E-state index in [0.717, 1.165) is 44.9 Å². The van der Waals surface area contributed by atoms with Crippen molar-refractivity contribution in [2.24, 2.45) is 5.92 Å². The van der Waals surface area contributed by atoms with E-state index in [1.165, 1.54) is 26.1 Å². The number of hydrogen-bond donors (Lipinski definition) is 1. The van der Waals surface area contributed by atoms with E-state index in [9.17, 15) is 9.59 Å². The summed E-state index contributed by atoms with van der Waals surface area (Å²) in [6, 6.07) is 0. The Balaban J connectivity index is 2.06. The lowest BCUT2D eigenvalue weighted by Gasteiger charge is -2.19. The molecule has 1 rings (SSSR count). The number of amides is 1. The molecule has 0 aromatic carbocycles. The largest absolute Gasteiger partial charge is 0.460 e. The summed E-state index contributed by atoms with van der Waals surface area (Å²) >= 11 is 0. The Hall–Kier alpha value is -1.10. The molecule has 1 heterocycles.